The van der Waals surface area contributed by atoms with E-state index in [0.717, 1.165) is 19.2 Å². The van der Waals surface area contributed by atoms with Crippen LogP contribution in [0, 0.1) is 0 Å². The highest BCUT2D eigenvalue weighted by molar-refractivity contribution is 7.66. The molecule has 0 spiro atoms. The summed E-state index contributed by atoms with van der Waals surface area (Å²) in [5.41, 5.74) is 1.46. The van der Waals surface area contributed by atoms with Gasteiger partial charge in [-0.25, -0.2) is 22.9 Å². The van der Waals surface area contributed by atoms with Crippen LogP contribution in [0.15, 0.2) is 17.1 Å². The van der Waals surface area contributed by atoms with E-state index in [1.165, 1.54) is 0 Å². The van der Waals surface area contributed by atoms with Crippen LogP contribution in [0.3, 0.4) is 0 Å². The Bertz CT molecular complexity index is 1050. The van der Waals surface area contributed by atoms with Crippen LogP contribution >= 0.6 is 23.5 Å². The van der Waals surface area contributed by atoms with Gasteiger partial charge in [-0.3, -0.25) is 9.09 Å². The molecule has 17 nitrogen and oxygen atoms in total. The van der Waals surface area contributed by atoms with Crippen LogP contribution in [0.1, 0.15) is 13.2 Å². The van der Waals surface area contributed by atoms with Crippen LogP contribution in [0.25, 0.3) is 0 Å². The second-order valence-corrected chi connectivity index (χ2v) is 10.8. The number of anilines is 1. The minimum Gasteiger partial charge on any atom is -0.387 e. The standard InChI is InChI=1S/C11H19FN3O14P3/c1-5(27-31(22,23)29-32(24,25)28-30(19,20)21)7-8(16)11(18,4-12)9(26-7)15-3-2-6(13)14-10(15)17/h2-3,5,7-9,16,18H,4H2,1H3,(H,22,23)(H,24,25)(H2,13,14,17)(H2,19,20,21)/t5-,7-,8+,9-,11?/m1/s1. The van der Waals surface area contributed by atoms with Crippen LogP contribution in [0.5, 0.6) is 0 Å². The van der Waals surface area contributed by atoms with Crippen molar-refractivity contribution >= 4 is 29.3 Å². The van der Waals surface area contributed by atoms with Crippen LogP contribution < -0.4 is 11.4 Å². The molecule has 32 heavy (non-hydrogen) atoms. The number of alkyl halides is 1. The summed E-state index contributed by atoms with van der Waals surface area (Å²) in [5.74, 6) is -0.217. The smallest absolute Gasteiger partial charge is 0.387 e. The second-order valence-electron chi connectivity index (χ2n) is 6.47. The molecule has 21 heteroatoms. The van der Waals surface area contributed by atoms with Crippen LogP contribution in [-0.2, 0) is 31.6 Å². The fourth-order valence-corrected chi connectivity index (χ4v) is 5.96. The van der Waals surface area contributed by atoms with E-state index in [9.17, 15) is 38.0 Å². The molecule has 8 N–H and O–H groups in total. The Labute approximate surface area is 177 Å². The number of aliphatic hydroxyl groups is 2. The van der Waals surface area contributed by atoms with Crippen molar-refractivity contribution < 1.29 is 65.8 Å². The van der Waals surface area contributed by atoms with Crippen molar-refractivity contribution in [3.8, 4) is 0 Å². The number of rotatable bonds is 9. The third kappa shape index (κ3) is 6.27. The average Bonchev–Trinajstić information content (AvgIpc) is 2.84. The Morgan fingerprint density at radius 1 is 1.28 bits per heavy atom. The van der Waals surface area contributed by atoms with Gasteiger partial charge in [0.05, 0.1) is 6.10 Å². The lowest BCUT2D eigenvalue weighted by Crippen LogP contribution is -2.51. The van der Waals surface area contributed by atoms with Crippen molar-refractivity contribution in [1.29, 1.82) is 0 Å². The van der Waals surface area contributed by atoms with Gasteiger partial charge in [-0.15, -0.1) is 0 Å². The zero-order chi connectivity index (χ0) is 24.7. The molecule has 7 atom stereocenters. The molecule has 0 amide bonds. The van der Waals surface area contributed by atoms with Gasteiger partial charge in [-0.05, 0) is 13.0 Å². The quantitative estimate of drug-likeness (QED) is 0.180. The molecule has 2 rings (SSSR count). The summed E-state index contributed by atoms with van der Waals surface area (Å²) in [6.45, 7) is -0.745. The van der Waals surface area contributed by atoms with Crippen molar-refractivity contribution in [1.82, 2.24) is 9.55 Å². The van der Waals surface area contributed by atoms with E-state index in [4.69, 9.17) is 25.2 Å². The van der Waals surface area contributed by atoms with E-state index in [-0.39, 0.29) is 5.82 Å². The molecule has 2 heterocycles. The maximum atomic E-state index is 13.7. The Kier molecular flexibility index (Phi) is 7.87. The number of ether oxygens (including phenoxy) is 1. The van der Waals surface area contributed by atoms with E-state index in [2.05, 4.69) is 18.1 Å². The van der Waals surface area contributed by atoms with Gasteiger partial charge in [-0.1, -0.05) is 0 Å². The van der Waals surface area contributed by atoms with Crippen molar-refractivity contribution in [2.24, 2.45) is 0 Å². The number of phosphoric ester groups is 1. The van der Waals surface area contributed by atoms with Crippen LogP contribution in [-0.4, -0.2) is 69.9 Å². The maximum Gasteiger partial charge on any atom is 0.490 e. The number of nitrogen functional groups attached to an aromatic ring is 1. The van der Waals surface area contributed by atoms with Gasteiger partial charge < -0.3 is 40.3 Å². The summed E-state index contributed by atoms with van der Waals surface area (Å²) in [7, 11) is -17.1. The molecule has 184 valence electrons. The number of phosphoric acid groups is 3. The van der Waals surface area contributed by atoms with Gasteiger partial charge in [0.1, 0.15) is 24.7 Å². The molecular weight excluding hydrogens is 510 g/mol. The Hall–Kier alpha value is -1.10. The minimum absolute atomic E-state index is 0.217. The molecule has 0 bridgehead atoms. The number of hydrogen-bond donors (Lipinski definition) is 7. The predicted molar refractivity (Wildman–Crippen MR) is 98.2 cm³/mol. The summed E-state index contributed by atoms with van der Waals surface area (Å²) < 4.78 is 65.1. The summed E-state index contributed by atoms with van der Waals surface area (Å²) in [6, 6.07) is 1.10. The Morgan fingerprint density at radius 2 is 1.88 bits per heavy atom. The summed E-state index contributed by atoms with van der Waals surface area (Å²) in [5, 5.41) is 20.9. The number of aliphatic hydroxyl groups excluding tert-OH is 1. The highest BCUT2D eigenvalue weighted by atomic mass is 31.3. The molecule has 0 saturated carbocycles. The average molecular weight is 529 g/mol. The first-order chi connectivity index (χ1) is 14.4. The van der Waals surface area contributed by atoms with E-state index >= 15 is 0 Å². The van der Waals surface area contributed by atoms with Crippen molar-refractivity contribution in [2.75, 3.05) is 12.4 Å². The highest BCUT2D eigenvalue weighted by Gasteiger charge is 2.59. The molecule has 0 aliphatic carbocycles. The second kappa shape index (κ2) is 9.27. The van der Waals surface area contributed by atoms with E-state index < -0.39 is 66.0 Å². The normalized spacial score (nSPS) is 31.1. The zero-order valence-corrected chi connectivity index (χ0v) is 18.5. The molecule has 1 fully saturated rings. The minimum atomic E-state index is -5.82. The summed E-state index contributed by atoms with van der Waals surface area (Å²) >= 11 is 0. The SMILES string of the molecule is C[C@@H](OP(=O)(O)OP(=O)(O)OP(=O)(O)O)[C@H]1O[C@@H](n2ccc(N)nc2=O)C(O)(CF)[C@H]1O. The van der Waals surface area contributed by atoms with Crippen molar-refractivity contribution in [3.63, 3.8) is 0 Å². The Morgan fingerprint density at radius 3 is 2.38 bits per heavy atom. The predicted octanol–water partition coefficient (Wildman–Crippen LogP) is -1.48. The topological polar surface area (TPSA) is 270 Å². The summed E-state index contributed by atoms with van der Waals surface area (Å²) in [4.78, 5) is 51.2. The van der Waals surface area contributed by atoms with Gasteiger partial charge in [0.2, 0.25) is 0 Å². The fraction of sp³-hybridized carbons (Fsp3) is 0.636. The number of hydrogen-bond acceptors (Lipinski definition) is 12. The van der Waals surface area contributed by atoms with E-state index in [1.54, 1.807) is 0 Å². The third-order valence-corrected chi connectivity index (χ3v) is 7.96. The molecule has 3 unspecified atom stereocenters. The molecule has 1 saturated heterocycles. The molecule has 1 aliphatic rings. The molecule has 1 aromatic rings. The lowest BCUT2D eigenvalue weighted by molar-refractivity contribution is -0.122. The van der Waals surface area contributed by atoms with Crippen LogP contribution in [0.2, 0.25) is 0 Å². The molecular formula is C11H19FN3O14P3. The summed E-state index contributed by atoms with van der Waals surface area (Å²) in [6.07, 6.45) is -6.78. The van der Waals surface area contributed by atoms with Gasteiger partial charge >= 0.3 is 29.2 Å². The molecule has 1 aliphatic heterocycles. The lowest BCUT2D eigenvalue weighted by Gasteiger charge is -2.29. The van der Waals surface area contributed by atoms with Gasteiger partial charge in [0, 0.05) is 6.20 Å². The zero-order valence-electron chi connectivity index (χ0n) is 15.8. The highest BCUT2D eigenvalue weighted by Crippen LogP contribution is 2.66. The van der Waals surface area contributed by atoms with Crippen molar-refractivity contribution in [2.45, 2.75) is 37.1 Å². The Balaban J connectivity index is 2.25. The molecule has 0 radical (unpaired) electrons. The number of nitrogens with zero attached hydrogens (tertiary/aromatic N) is 2. The van der Waals surface area contributed by atoms with Gasteiger partial charge in [0.25, 0.3) is 0 Å². The van der Waals surface area contributed by atoms with Crippen LogP contribution in [0.4, 0.5) is 10.2 Å². The maximum absolute atomic E-state index is 13.7. The van der Waals surface area contributed by atoms with Gasteiger partial charge in [-0.2, -0.15) is 13.6 Å². The number of halogens is 1. The largest absolute Gasteiger partial charge is 0.490 e. The van der Waals surface area contributed by atoms with E-state index in [1.807, 2.05) is 0 Å². The number of aromatic nitrogens is 2. The van der Waals surface area contributed by atoms with Gasteiger partial charge in [0.15, 0.2) is 11.8 Å². The lowest BCUT2D eigenvalue weighted by atomic mass is 9.93. The molecule has 0 aromatic carbocycles. The first kappa shape index (κ1) is 27.1. The third-order valence-electron chi connectivity index (χ3n) is 4.03. The monoisotopic (exact) mass is 529 g/mol. The van der Waals surface area contributed by atoms with Crippen molar-refractivity contribution in [3.05, 3.63) is 22.7 Å². The first-order valence-corrected chi connectivity index (χ1v) is 12.7. The van der Waals surface area contributed by atoms with E-state index in [0.29, 0.717) is 4.57 Å². The fourth-order valence-electron chi connectivity index (χ4n) is 2.76. The molecule has 1 aromatic heterocycles. The first-order valence-electron chi connectivity index (χ1n) is 8.19. The number of nitrogens with two attached hydrogens (primary N) is 1.